The maximum absolute atomic E-state index is 11.5. The Bertz CT molecular complexity index is 1330. The molecule has 1 aromatic heterocycles. The molecule has 3 heterocycles. The molecule has 1 fully saturated rings. The van der Waals surface area contributed by atoms with Gasteiger partial charge in [-0.1, -0.05) is 12.1 Å². The first kappa shape index (κ1) is 23.2. The van der Waals surface area contributed by atoms with E-state index in [-0.39, 0.29) is 24.0 Å². The molecule has 2 N–H and O–H groups in total. The van der Waals surface area contributed by atoms with Gasteiger partial charge in [0.1, 0.15) is 0 Å². The van der Waals surface area contributed by atoms with Gasteiger partial charge in [-0.25, -0.2) is 5.43 Å². The van der Waals surface area contributed by atoms with Gasteiger partial charge in [-0.3, -0.25) is 10.1 Å². The first-order valence-electron chi connectivity index (χ1n) is 11.3. The molecule has 0 bridgehead atoms. The minimum atomic E-state index is -0.505. The summed E-state index contributed by atoms with van der Waals surface area (Å²) in [6.07, 6.45) is 1.32. The first-order chi connectivity index (χ1) is 17.5. The van der Waals surface area contributed by atoms with E-state index in [2.05, 4.69) is 30.8 Å². The third-order valence-electron chi connectivity index (χ3n) is 5.64. The maximum Gasteiger partial charge on any atom is 0.282 e. The number of anilines is 4. The predicted molar refractivity (Wildman–Crippen MR) is 132 cm³/mol. The normalized spacial score (nSPS) is 14.8. The number of aryl methyl sites for hydroxylation is 2. The van der Waals surface area contributed by atoms with Gasteiger partial charge >= 0.3 is 0 Å². The van der Waals surface area contributed by atoms with E-state index in [0.717, 1.165) is 16.8 Å². The monoisotopic (exact) mass is 492 g/mol. The number of morpholine rings is 1. The van der Waals surface area contributed by atoms with Crippen molar-refractivity contribution in [1.82, 2.24) is 15.0 Å². The molecule has 3 aromatic rings. The lowest BCUT2D eigenvalue weighted by molar-refractivity contribution is -0.385. The number of benzene rings is 2. The summed E-state index contributed by atoms with van der Waals surface area (Å²) < 4.78 is 16.0. The maximum atomic E-state index is 11.5. The molecule has 0 spiro atoms. The topological polar surface area (TPSA) is 149 Å². The second kappa shape index (κ2) is 10.00. The third-order valence-corrected chi connectivity index (χ3v) is 5.64. The van der Waals surface area contributed by atoms with Crippen LogP contribution in [0, 0.1) is 24.0 Å². The van der Waals surface area contributed by atoms with Gasteiger partial charge in [0.25, 0.3) is 5.69 Å². The molecule has 2 aliphatic rings. The molecule has 0 saturated carbocycles. The van der Waals surface area contributed by atoms with Gasteiger partial charge in [0, 0.05) is 18.8 Å². The highest BCUT2D eigenvalue weighted by molar-refractivity contribution is 5.87. The van der Waals surface area contributed by atoms with Crippen molar-refractivity contribution < 1.29 is 19.1 Å². The second-order valence-corrected chi connectivity index (χ2v) is 8.22. The number of hydrogen-bond acceptors (Lipinski definition) is 12. The average Bonchev–Trinajstić information content (AvgIpc) is 3.34. The van der Waals surface area contributed by atoms with Crippen LogP contribution >= 0.6 is 0 Å². The number of hydrazone groups is 1. The molecule has 5 rings (SSSR count). The molecule has 0 atom stereocenters. The molecule has 0 amide bonds. The van der Waals surface area contributed by atoms with Crippen molar-refractivity contribution in [3.63, 3.8) is 0 Å². The lowest BCUT2D eigenvalue weighted by Crippen LogP contribution is -2.37. The predicted octanol–water partition coefficient (Wildman–Crippen LogP) is 3.15. The van der Waals surface area contributed by atoms with Crippen molar-refractivity contribution >= 4 is 35.4 Å². The molecule has 1 saturated heterocycles. The Morgan fingerprint density at radius 3 is 2.58 bits per heavy atom. The number of nitro groups is 1. The van der Waals surface area contributed by atoms with Crippen LogP contribution in [-0.4, -0.2) is 59.2 Å². The molecule has 0 unspecified atom stereocenters. The molecular formula is C23H24N8O5. The summed E-state index contributed by atoms with van der Waals surface area (Å²) in [6, 6.07) is 8.88. The van der Waals surface area contributed by atoms with E-state index in [0.29, 0.717) is 49.7 Å². The lowest BCUT2D eigenvalue weighted by atomic mass is 10.1. The molecule has 2 aromatic carbocycles. The van der Waals surface area contributed by atoms with Gasteiger partial charge in [0.05, 0.1) is 36.0 Å². The van der Waals surface area contributed by atoms with Gasteiger partial charge in [0.15, 0.2) is 11.5 Å². The van der Waals surface area contributed by atoms with E-state index >= 15 is 0 Å². The molecule has 13 nitrogen and oxygen atoms in total. The summed E-state index contributed by atoms with van der Waals surface area (Å²) in [4.78, 5) is 26.5. The molecule has 2 aliphatic heterocycles. The number of nitrogens with zero attached hydrogens (tertiary/aromatic N) is 6. The minimum absolute atomic E-state index is 0.0106. The Kier molecular flexibility index (Phi) is 6.45. The Hall–Kier alpha value is -4.52. The van der Waals surface area contributed by atoms with Crippen LogP contribution < -0.4 is 25.1 Å². The van der Waals surface area contributed by atoms with Crippen LogP contribution in [0.3, 0.4) is 0 Å². The lowest BCUT2D eigenvalue weighted by Gasteiger charge is -2.27. The zero-order chi connectivity index (χ0) is 25.1. The number of fused-ring (bicyclic) bond motifs is 1. The fourth-order valence-electron chi connectivity index (χ4n) is 3.73. The summed E-state index contributed by atoms with van der Waals surface area (Å²) in [5, 5.41) is 18.9. The van der Waals surface area contributed by atoms with E-state index in [9.17, 15) is 10.1 Å². The van der Waals surface area contributed by atoms with Gasteiger partial charge in [-0.2, -0.15) is 20.1 Å². The van der Waals surface area contributed by atoms with Crippen molar-refractivity contribution in [3.8, 4) is 11.5 Å². The van der Waals surface area contributed by atoms with Crippen LogP contribution in [0.4, 0.5) is 29.2 Å². The zero-order valence-electron chi connectivity index (χ0n) is 19.7. The first-order valence-corrected chi connectivity index (χ1v) is 11.3. The minimum Gasteiger partial charge on any atom is -0.454 e. The van der Waals surface area contributed by atoms with E-state index in [1.807, 2.05) is 36.9 Å². The Morgan fingerprint density at radius 1 is 1.06 bits per heavy atom. The molecule has 0 aliphatic carbocycles. The van der Waals surface area contributed by atoms with Crippen LogP contribution in [0.5, 0.6) is 11.5 Å². The number of nitrogens with one attached hydrogen (secondary N) is 2. The van der Waals surface area contributed by atoms with E-state index in [4.69, 9.17) is 14.2 Å². The number of hydrogen-bond donors (Lipinski definition) is 2. The highest BCUT2D eigenvalue weighted by Gasteiger charge is 2.23. The Morgan fingerprint density at radius 2 is 1.81 bits per heavy atom. The fourth-order valence-corrected chi connectivity index (χ4v) is 3.73. The van der Waals surface area contributed by atoms with Crippen LogP contribution in [0.25, 0.3) is 0 Å². The SMILES string of the molecule is Cc1ccc(C)c(Nc2nc(NN=Cc3cc4c(cc3[N+](=O)[O-])OCO4)nc(N3CCOCC3)n2)c1. The zero-order valence-corrected chi connectivity index (χ0v) is 19.7. The smallest absolute Gasteiger partial charge is 0.282 e. The Balaban J connectivity index is 1.43. The summed E-state index contributed by atoms with van der Waals surface area (Å²) in [5.74, 6) is 1.72. The van der Waals surface area contributed by atoms with Gasteiger partial charge in [-0.15, -0.1) is 0 Å². The Labute approximate surface area is 206 Å². The largest absolute Gasteiger partial charge is 0.454 e. The number of aromatic nitrogens is 3. The number of ether oxygens (including phenoxy) is 3. The van der Waals surface area contributed by atoms with E-state index in [1.54, 1.807) is 0 Å². The van der Waals surface area contributed by atoms with Crippen LogP contribution in [0.1, 0.15) is 16.7 Å². The number of rotatable bonds is 7. The highest BCUT2D eigenvalue weighted by Crippen LogP contribution is 2.37. The molecule has 13 heteroatoms. The summed E-state index contributed by atoms with van der Waals surface area (Å²) in [6.45, 7) is 6.43. The summed E-state index contributed by atoms with van der Waals surface area (Å²) in [7, 11) is 0. The molecular weight excluding hydrogens is 468 g/mol. The van der Waals surface area contributed by atoms with E-state index in [1.165, 1.54) is 18.3 Å². The van der Waals surface area contributed by atoms with Crippen LogP contribution in [-0.2, 0) is 4.74 Å². The van der Waals surface area contributed by atoms with Crippen molar-refractivity contribution in [2.75, 3.05) is 48.7 Å². The van der Waals surface area contributed by atoms with Gasteiger partial charge < -0.3 is 24.4 Å². The molecule has 186 valence electrons. The average molecular weight is 492 g/mol. The standard InChI is InChI=1S/C23H24N8O5/c1-14-3-4-15(2)17(9-14)25-21-26-22(28-23(27-21)30-5-7-34-8-6-30)29-24-12-16-10-19-20(36-13-35-19)11-18(16)31(32)33/h3-4,9-12H,5-8,13H2,1-2H3,(H2,25,26,27,28,29). The molecule has 36 heavy (non-hydrogen) atoms. The van der Waals surface area contributed by atoms with Gasteiger partial charge in [0.2, 0.25) is 24.6 Å². The molecule has 0 radical (unpaired) electrons. The second-order valence-electron chi connectivity index (χ2n) is 8.22. The van der Waals surface area contributed by atoms with Crippen LogP contribution in [0.2, 0.25) is 0 Å². The van der Waals surface area contributed by atoms with Crippen molar-refractivity contribution in [3.05, 3.63) is 57.1 Å². The summed E-state index contributed by atoms with van der Waals surface area (Å²) in [5.41, 5.74) is 5.87. The van der Waals surface area contributed by atoms with Gasteiger partial charge in [-0.05, 0) is 37.1 Å². The number of nitro benzene ring substituents is 1. The third kappa shape index (κ3) is 5.10. The van der Waals surface area contributed by atoms with Crippen molar-refractivity contribution in [1.29, 1.82) is 0 Å². The van der Waals surface area contributed by atoms with Crippen LogP contribution in [0.15, 0.2) is 35.4 Å². The fraction of sp³-hybridized carbons (Fsp3) is 0.304. The van der Waals surface area contributed by atoms with E-state index < -0.39 is 4.92 Å². The van der Waals surface area contributed by atoms with Crippen molar-refractivity contribution in [2.45, 2.75) is 13.8 Å². The van der Waals surface area contributed by atoms with Crippen molar-refractivity contribution in [2.24, 2.45) is 5.10 Å². The highest BCUT2D eigenvalue weighted by atomic mass is 16.7. The summed E-state index contributed by atoms with van der Waals surface area (Å²) >= 11 is 0. The quantitative estimate of drug-likeness (QED) is 0.284.